The van der Waals surface area contributed by atoms with Crippen LogP contribution in [0.15, 0.2) is 36.7 Å². The van der Waals surface area contributed by atoms with Crippen LogP contribution in [0.4, 0.5) is 11.1 Å². The summed E-state index contributed by atoms with van der Waals surface area (Å²) in [6, 6.07) is 7.50. The number of aromatic nitrogens is 3. The Morgan fingerprint density at radius 3 is 2.52 bits per heavy atom. The number of methoxy groups -OCH3 is 2. The lowest BCUT2D eigenvalue weighted by atomic mass is 9.96. The normalized spacial score (nSPS) is 14.4. The summed E-state index contributed by atoms with van der Waals surface area (Å²) in [5.41, 5.74) is 1.75. The van der Waals surface area contributed by atoms with Crippen molar-refractivity contribution in [1.82, 2.24) is 15.0 Å². The third-order valence-electron chi connectivity index (χ3n) is 5.38. The van der Waals surface area contributed by atoms with Gasteiger partial charge < -0.3 is 19.7 Å². The molecule has 1 saturated heterocycles. The van der Waals surface area contributed by atoms with Gasteiger partial charge in [-0.3, -0.25) is 4.79 Å². The fraction of sp³-hybridized carbons (Fsp3) is 0.364. The van der Waals surface area contributed by atoms with Crippen LogP contribution in [0.1, 0.15) is 17.7 Å². The Morgan fingerprint density at radius 2 is 1.84 bits per heavy atom. The van der Waals surface area contributed by atoms with Gasteiger partial charge in [-0.25, -0.2) is 15.0 Å². The first-order valence-electron chi connectivity index (χ1n) is 10.1. The number of nitrogens with one attached hydrogen (secondary N) is 1. The summed E-state index contributed by atoms with van der Waals surface area (Å²) in [7, 11) is 3.22. The van der Waals surface area contributed by atoms with Gasteiger partial charge in [-0.1, -0.05) is 0 Å². The van der Waals surface area contributed by atoms with Crippen molar-refractivity contribution >= 4 is 28.3 Å². The minimum atomic E-state index is -0.0475. The third kappa shape index (κ3) is 4.61. The molecular weight excluding hydrogens is 414 g/mol. The van der Waals surface area contributed by atoms with E-state index in [2.05, 4.69) is 25.2 Å². The average molecular weight is 440 g/mol. The molecule has 9 heteroatoms. The molecule has 4 rings (SSSR count). The number of piperidine rings is 1. The molecule has 3 aromatic rings. The molecule has 3 heterocycles. The van der Waals surface area contributed by atoms with E-state index in [1.807, 2.05) is 25.1 Å². The molecule has 0 aliphatic carbocycles. The van der Waals surface area contributed by atoms with Gasteiger partial charge in [0.05, 0.1) is 19.9 Å². The van der Waals surface area contributed by atoms with Crippen LogP contribution in [-0.4, -0.2) is 48.2 Å². The summed E-state index contributed by atoms with van der Waals surface area (Å²) in [6.07, 6.45) is 5.00. The van der Waals surface area contributed by atoms with Gasteiger partial charge in [0.25, 0.3) is 0 Å². The lowest BCUT2D eigenvalue weighted by Gasteiger charge is -2.30. The molecule has 1 amide bonds. The molecule has 1 aliphatic heterocycles. The van der Waals surface area contributed by atoms with Crippen molar-refractivity contribution in [3.05, 3.63) is 41.5 Å². The predicted octanol–water partition coefficient (Wildman–Crippen LogP) is 3.78. The maximum absolute atomic E-state index is 12.8. The molecule has 1 aromatic carbocycles. The summed E-state index contributed by atoms with van der Waals surface area (Å²) in [6.45, 7) is 3.52. The minimum Gasteiger partial charge on any atom is -0.493 e. The van der Waals surface area contributed by atoms with E-state index in [0.29, 0.717) is 16.6 Å². The highest BCUT2D eigenvalue weighted by Gasteiger charge is 2.27. The molecule has 8 nitrogen and oxygen atoms in total. The van der Waals surface area contributed by atoms with E-state index in [4.69, 9.17) is 9.47 Å². The zero-order valence-electron chi connectivity index (χ0n) is 17.8. The number of anilines is 2. The van der Waals surface area contributed by atoms with Crippen LogP contribution < -0.4 is 19.7 Å². The Hall–Kier alpha value is -3.20. The summed E-state index contributed by atoms with van der Waals surface area (Å²) in [5, 5.41) is 3.62. The standard InChI is InChI=1S/C22H25N5O3S/c1-14-19(16-5-6-17(29-2)18(13-16)30-3)25-22(31-14)26-20(28)15-7-11-27(12-8-15)21-23-9-4-10-24-21/h4-6,9-10,13,15H,7-8,11-12H2,1-3H3,(H,25,26,28). The highest BCUT2D eigenvalue weighted by Crippen LogP contribution is 2.36. The van der Waals surface area contributed by atoms with E-state index in [0.717, 1.165) is 48.0 Å². The van der Waals surface area contributed by atoms with Crippen LogP contribution in [0, 0.1) is 12.8 Å². The number of hydrogen-bond acceptors (Lipinski definition) is 8. The lowest BCUT2D eigenvalue weighted by molar-refractivity contribution is -0.120. The highest BCUT2D eigenvalue weighted by atomic mass is 32.1. The van der Waals surface area contributed by atoms with Crippen molar-refractivity contribution in [3.8, 4) is 22.8 Å². The van der Waals surface area contributed by atoms with Crippen LogP contribution in [-0.2, 0) is 4.79 Å². The number of amides is 1. The summed E-state index contributed by atoms with van der Waals surface area (Å²) < 4.78 is 10.7. The van der Waals surface area contributed by atoms with Crippen LogP contribution in [0.2, 0.25) is 0 Å². The Morgan fingerprint density at radius 1 is 1.13 bits per heavy atom. The molecule has 162 valence electrons. The molecular formula is C22H25N5O3S. The molecule has 0 radical (unpaired) electrons. The zero-order chi connectivity index (χ0) is 21.8. The van der Waals surface area contributed by atoms with E-state index >= 15 is 0 Å². The molecule has 0 atom stereocenters. The van der Waals surface area contributed by atoms with Gasteiger partial charge in [0, 0.05) is 41.8 Å². The summed E-state index contributed by atoms with van der Waals surface area (Å²) in [4.78, 5) is 29.2. The lowest BCUT2D eigenvalue weighted by Crippen LogP contribution is -2.38. The van der Waals surface area contributed by atoms with Gasteiger partial charge in [0.2, 0.25) is 11.9 Å². The van der Waals surface area contributed by atoms with E-state index < -0.39 is 0 Å². The van der Waals surface area contributed by atoms with Gasteiger partial charge in [0.15, 0.2) is 16.6 Å². The third-order valence-corrected chi connectivity index (χ3v) is 6.27. The Balaban J connectivity index is 1.41. The molecule has 2 aromatic heterocycles. The number of carbonyl (C=O) groups is 1. The second kappa shape index (κ2) is 9.30. The van der Waals surface area contributed by atoms with E-state index in [1.165, 1.54) is 11.3 Å². The molecule has 1 aliphatic rings. The smallest absolute Gasteiger partial charge is 0.229 e. The first kappa shape index (κ1) is 21.0. The van der Waals surface area contributed by atoms with Crippen molar-refractivity contribution in [1.29, 1.82) is 0 Å². The fourth-order valence-electron chi connectivity index (χ4n) is 3.70. The van der Waals surface area contributed by atoms with Gasteiger partial charge in [-0.2, -0.15) is 0 Å². The maximum atomic E-state index is 12.8. The molecule has 0 saturated carbocycles. The quantitative estimate of drug-likeness (QED) is 0.625. The van der Waals surface area contributed by atoms with E-state index in [9.17, 15) is 4.79 Å². The molecule has 1 fully saturated rings. The van der Waals surface area contributed by atoms with Crippen molar-refractivity contribution in [2.75, 3.05) is 37.5 Å². The van der Waals surface area contributed by atoms with Crippen molar-refractivity contribution in [2.45, 2.75) is 19.8 Å². The van der Waals surface area contributed by atoms with Gasteiger partial charge in [0.1, 0.15) is 0 Å². The number of nitrogens with zero attached hydrogens (tertiary/aromatic N) is 4. The van der Waals surface area contributed by atoms with Gasteiger partial charge >= 0.3 is 0 Å². The minimum absolute atomic E-state index is 0.0150. The monoisotopic (exact) mass is 439 g/mol. The SMILES string of the molecule is COc1ccc(-c2nc(NC(=O)C3CCN(c4ncccn4)CC3)sc2C)cc1OC. The predicted molar refractivity (Wildman–Crippen MR) is 121 cm³/mol. The van der Waals surface area contributed by atoms with Crippen LogP contribution in [0.5, 0.6) is 11.5 Å². The first-order chi connectivity index (χ1) is 15.1. The zero-order valence-corrected chi connectivity index (χ0v) is 18.6. The highest BCUT2D eigenvalue weighted by molar-refractivity contribution is 7.16. The van der Waals surface area contributed by atoms with Gasteiger partial charge in [-0.05, 0) is 44.0 Å². The summed E-state index contributed by atoms with van der Waals surface area (Å²) in [5.74, 6) is 2.00. The molecule has 0 bridgehead atoms. The average Bonchev–Trinajstić information content (AvgIpc) is 3.19. The Bertz CT molecular complexity index is 1050. The van der Waals surface area contributed by atoms with E-state index in [1.54, 1.807) is 32.7 Å². The number of benzene rings is 1. The Kier molecular flexibility index (Phi) is 6.31. The second-order valence-electron chi connectivity index (χ2n) is 7.29. The first-order valence-corrected chi connectivity index (χ1v) is 10.9. The number of aryl methyl sites for hydroxylation is 1. The van der Waals surface area contributed by atoms with E-state index in [-0.39, 0.29) is 11.8 Å². The van der Waals surface area contributed by atoms with Crippen molar-refractivity contribution in [2.24, 2.45) is 5.92 Å². The largest absolute Gasteiger partial charge is 0.493 e. The van der Waals surface area contributed by atoms with Crippen molar-refractivity contribution in [3.63, 3.8) is 0 Å². The van der Waals surface area contributed by atoms with Crippen LogP contribution >= 0.6 is 11.3 Å². The number of thiazole rings is 1. The number of ether oxygens (including phenoxy) is 2. The number of hydrogen-bond donors (Lipinski definition) is 1. The topological polar surface area (TPSA) is 89.5 Å². The Labute approximate surface area is 185 Å². The number of carbonyl (C=O) groups excluding carboxylic acids is 1. The van der Waals surface area contributed by atoms with Crippen molar-refractivity contribution < 1.29 is 14.3 Å². The molecule has 1 N–H and O–H groups in total. The maximum Gasteiger partial charge on any atom is 0.229 e. The summed E-state index contributed by atoms with van der Waals surface area (Å²) >= 11 is 1.48. The molecule has 0 spiro atoms. The van der Waals surface area contributed by atoms with Gasteiger partial charge in [-0.15, -0.1) is 11.3 Å². The fourth-order valence-corrected chi connectivity index (χ4v) is 4.54. The molecule has 31 heavy (non-hydrogen) atoms. The number of rotatable bonds is 6. The van der Waals surface area contributed by atoms with Crippen LogP contribution in [0.3, 0.4) is 0 Å². The molecule has 0 unspecified atom stereocenters. The second-order valence-corrected chi connectivity index (χ2v) is 8.50. The van der Waals surface area contributed by atoms with Crippen LogP contribution in [0.25, 0.3) is 11.3 Å².